The van der Waals surface area contributed by atoms with Crippen molar-refractivity contribution in [1.82, 2.24) is 40.3 Å². The van der Waals surface area contributed by atoms with Gasteiger partial charge in [0, 0.05) is 43.6 Å². The van der Waals surface area contributed by atoms with Gasteiger partial charge in [0.05, 0.1) is 23.2 Å². The Morgan fingerprint density at radius 3 is 0.695 bits per heavy atom. The summed E-state index contributed by atoms with van der Waals surface area (Å²) in [6.45, 7) is 55.0. The van der Waals surface area contributed by atoms with E-state index in [9.17, 15) is 0 Å². The van der Waals surface area contributed by atoms with Crippen LogP contribution in [0.3, 0.4) is 0 Å². The molecule has 0 bridgehead atoms. The van der Waals surface area contributed by atoms with Crippen LogP contribution in [0.4, 0.5) is 23.3 Å². The van der Waals surface area contributed by atoms with Gasteiger partial charge in [-0.1, -0.05) is 335 Å². The molecule has 0 saturated heterocycles. The van der Waals surface area contributed by atoms with Gasteiger partial charge in [-0.25, -0.2) is 0 Å². The number of aromatic nitrogens is 8. The Morgan fingerprint density at radius 2 is 0.477 bits per heavy atom. The molecule has 10 aromatic carbocycles. The van der Waals surface area contributed by atoms with E-state index in [4.69, 9.17) is 30.1 Å². The molecular weight excluding hydrogens is 1930 g/mol. The zero-order valence-corrected chi connectivity index (χ0v) is 83.5. The van der Waals surface area contributed by atoms with Gasteiger partial charge in [0.2, 0.25) is 0 Å². The van der Waals surface area contributed by atoms with Crippen molar-refractivity contribution in [3.05, 3.63) is 366 Å². The van der Waals surface area contributed by atoms with E-state index in [2.05, 4.69) is 404 Å². The van der Waals surface area contributed by atoms with Gasteiger partial charge in [-0.2, -0.15) is 70.9 Å². The van der Waals surface area contributed by atoms with Gasteiger partial charge in [0.15, 0.2) is 23.5 Å². The molecule has 0 unspecified atom stereocenters. The van der Waals surface area contributed by atoms with Crippen molar-refractivity contribution in [1.29, 1.82) is 0 Å². The summed E-state index contributed by atoms with van der Waals surface area (Å²) >= 11 is 0. The Labute approximate surface area is 786 Å². The van der Waals surface area contributed by atoms with Crippen LogP contribution in [0.1, 0.15) is 289 Å². The third-order valence-corrected chi connectivity index (χ3v) is 27.8. The number of benzene rings is 10. The molecule has 4 aromatic heterocycles. The van der Waals surface area contributed by atoms with Crippen molar-refractivity contribution < 1.29 is 60.4 Å². The molecule has 12 nitrogen and oxygen atoms in total. The van der Waals surface area contributed by atoms with Crippen LogP contribution >= 0.6 is 0 Å². The van der Waals surface area contributed by atoms with Gasteiger partial charge < -0.3 is 20.4 Å². The van der Waals surface area contributed by atoms with Crippen molar-refractivity contribution in [3.8, 4) is 44.5 Å². The third-order valence-electron chi connectivity index (χ3n) is 27.8. The van der Waals surface area contributed by atoms with Crippen LogP contribution in [0.2, 0.25) is 0 Å². The molecule has 4 aliphatic carbocycles. The van der Waals surface area contributed by atoms with Crippen LogP contribution in [0.15, 0.2) is 231 Å². The summed E-state index contributed by atoms with van der Waals surface area (Å²) in [7, 11) is 4.02. The molecule has 20 rings (SSSR count). The van der Waals surface area contributed by atoms with E-state index in [1.165, 1.54) is 111 Å². The number of hydrogen-bond donors (Lipinski definition) is 0. The van der Waals surface area contributed by atoms with Crippen LogP contribution in [0, 0.1) is 12.1 Å². The maximum absolute atomic E-state index is 5.06. The molecule has 2 aliphatic heterocycles. The zero-order chi connectivity index (χ0) is 89.3. The first-order valence-electron chi connectivity index (χ1n) is 44.7. The first-order valence-corrected chi connectivity index (χ1v) is 44.7. The van der Waals surface area contributed by atoms with E-state index < -0.39 is 21.9 Å². The van der Waals surface area contributed by atoms with Crippen molar-refractivity contribution >= 4 is 35.3 Å². The number of hydrogen-bond acceptors (Lipinski definition) is 6. The Bertz CT molecular complexity index is 6370. The Hall–Kier alpha value is -11.1. The van der Waals surface area contributed by atoms with Gasteiger partial charge in [0.1, 0.15) is 14.1 Å². The van der Waals surface area contributed by atoms with E-state index in [1.54, 1.807) is 24.8 Å². The summed E-state index contributed by atoms with van der Waals surface area (Å²) in [4.78, 5) is 19.8. The molecule has 0 saturated carbocycles. The SMILES string of the molecule is C[N+]1=C=[N+](C2(c3[c-]c(C4(c5cc[n-]n5)c5ccc(C(C)(C)C)cc5-c5cc(C(C)(C)C)ccc54)ccc3)c3ccc(C(C)(C)C)cc3-c3cc(C(C)(C)C)ccc32)c2nccnc21.C[N+]1=C=[N+](C2(c3[c-]c(C4(c5cc[n-]n5)c5ccc(C(C)(C)C)cc5-c5cc(C(C)(C)C)ccc54)ccc3)c3ccc(C(C)(C)C)cc3-c3cc(C(C)(C)C)ccc32)c2nccnc21.[Pt+2].[Pt+2]. The van der Waals surface area contributed by atoms with Crippen LogP contribution in [-0.2, 0) is 107 Å². The second-order valence-corrected chi connectivity index (χ2v) is 44.2. The fraction of sp³-hybridized carbons (Fsp3) is 0.333. The maximum Gasteiger partial charge on any atom is 2.00 e. The van der Waals surface area contributed by atoms with Crippen LogP contribution in [0.5, 0.6) is 0 Å². The van der Waals surface area contributed by atoms with E-state index in [1.807, 2.05) is 35.6 Å². The van der Waals surface area contributed by atoms with Crippen LogP contribution < -0.4 is 10.2 Å². The molecule has 0 N–H and O–H groups in total. The standard InChI is InChI=1S/2C57H58N6.2Pt/c2*1-52(2,3)35-17-21-45-41(30-35)42-31-36(53(4,5)6)18-22-46(42)56(45,49-25-26-60-61-49)39-15-14-16-40(29-39)57(63-34-62(13)50-51(63)59-28-27-58-50)47-23-19-37(54(7,8)9)32-43(47)44-33-38(55(10,11)12)20-24-48(44)57;;/h2*14-28,30-33H,1-13H3;;/q;;2*+2. The van der Waals surface area contributed by atoms with E-state index in [0.29, 0.717) is 0 Å². The molecule has 648 valence electrons. The zero-order valence-electron chi connectivity index (χ0n) is 78.9. The number of rotatable bonds is 8. The fourth-order valence-corrected chi connectivity index (χ4v) is 20.8. The Morgan fingerprint density at radius 1 is 0.266 bits per heavy atom. The molecule has 6 heterocycles. The average Bonchev–Trinajstić information content (AvgIpc) is 1.52. The monoisotopic (exact) mass is 2040 g/mol. The second kappa shape index (κ2) is 30.3. The van der Waals surface area contributed by atoms with E-state index in [-0.39, 0.29) is 85.5 Å². The van der Waals surface area contributed by atoms with E-state index >= 15 is 0 Å². The largest absolute Gasteiger partial charge is 2.00 e. The molecule has 0 radical (unpaired) electrons. The summed E-state index contributed by atoms with van der Waals surface area (Å²) in [6, 6.07) is 90.4. The summed E-state index contributed by atoms with van der Waals surface area (Å²) < 4.78 is 8.42. The minimum absolute atomic E-state index is 0. The maximum atomic E-state index is 5.06. The quantitative estimate of drug-likeness (QED) is 0.109. The molecule has 6 aliphatic rings. The topological polar surface area (TPSA) is 118 Å². The molecular formula is C114H116N12Pt2+4. The molecule has 14 aromatic rings. The molecule has 0 atom stereocenters. The smallest absolute Gasteiger partial charge is 0.581 e. The van der Waals surface area contributed by atoms with Crippen molar-refractivity contribution in [2.75, 3.05) is 14.1 Å². The van der Waals surface area contributed by atoms with Crippen LogP contribution in [-0.4, -0.2) is 74.5 Å². The fourth-order valence-electron chi connectivity index (χ4n) is 20.8. The normalized spacial score (nSPS) is 15.6. The van der Waals surface area contributed by atoms with Gasteiger partial charge in [-0.15, -0.1) is 29.4 Å². The van der Waals surface area contributed by atoms with Crippen molar-refractivity contribution in [3.63, 3.8) is 0 Å². The summed E-state index contributed by atoms with van der Waals surface area (Å²) in [5.41, 5.74) is 31.3. The van der Waals surface area contributed by atoms with Gasteiger partial charge in [0.25, 0.3) is 0 Å². The number of nitrogens with zero attached hydrogens (tertiary/aromatic N) is 12. The van der Waals surface area contributed by atoms with Crippen LogP contribution in [0.25, 0.3) is 44.5 Å². The van der Waals surface area contributed by atoms with Gasteiger partial charge in [-0.3, -0.25) is 0 Å². The summed E-state index contributed by atoms with van der Waals surface area (Å²) in [6.07, 6.45) is 10.8. The summed E-state index contributed by atoms with van der Waals surface area (Å²) in [5, 5.41) is 19.0. The summed E-state index contributed by atoms with van der Waals surface area (Å²) in [5.74, 6) is 3.00. The number of fused-ring (bicyclic) bond motifs is 14. The Kier molecular flexibility index (Phi) is 21.0. The van der Waals surface area contributed by atoms with Crippen molar-refractivity contribution in [2.45, 2.75) is 231 Å². The average molecular weight is 2040 g/mol. The van der Waals surface area contributed by atoms with Crippen molar-refractivity contribution in [2.24, 2.45) is 0 Å². The predicted molar refractivity (Wildman–Crippen MR) is 506 cm³/mol. The minimum atomic E-state index is -0.932. The first-order chi connectivity index (χ1) is 59.3. The molecule has 0 spiro atoms. The molecule has 14 heteroatoms. The molecule has 0 amide bonds. The molecule has 128 heavy (non-hydrogen) atoms. The second-order valence-electron chi connectivity index (χ2n) is 44.2. The van der Waals surface area contributed by atoms with E-state index in [0.717, 1.165) is 79.2 Å². The van der Waals surface area contributed by atoms with Gasteiger partial charge >= 0.3 is 77.4 Å². The molecule has 0 fully saturated rings. The minimum Gasteiger partial charge on any atom is -0.581 e. The predicted octanol–water partition coefficient (Wildman–Crippen LogP) is 24.5. The van der Waals surface area contributed by atoms with Gasteiger partial charge in [-0.05, 0) is 155 Å². The first kappa shape index (κ1) is 88.9. The third kappa shape index (κ3) is 13.5. The Balaban J connectivity index is 0.000000177.